The summed E-state index contributed by atoms with van der Waals surface area (Å²) in [6.07, 6.45) is 0.155. The second kappa shape index (κ2) is 8.01. The Kier molecular flexibility index (Phi) is 6.03. The molecule has 1 atom stereocenters. The van der Waals surface area contributed by atoms with Crippen LogP contribution in [0.1, 0.15) is 15.9 Å². The van der Waals surface area contributed by atoms with E-state index in [1.165, 1.54) is 7.11 Å². The lowest BCUT2D eigenvalue weighted by Gasteiger charge is -2.17. The Labute approximate surface area is 145 Å². The van der Waals surface area contributed by atoms with E-state index in [-0.39, 0.29) is 12.0 Å². The molecule has 0 saturated carbocycles. The van der Waals surface area contributed by atoms with Gasteiger partial charge in [-0.1, -0.05) is 34.1 Å². The molecule has 0 heterocycles. The third-order valence-corrected chi connectivity index (χ3v) is 4.12. The number of hydrogen-bond donors (Lipinski definition) is 1. The summed E-state index contributed by atoms with van der Waals surface area (Å²) in [7, 11) is 1.19. The van der Waals surface area contributed by atoms with Crippen molar-refractivity contribution in [3.8, 4) is 0 Å². The third-order valence-electron chi connectivity index (χ3n) is 3.35. The molecule has 0 aliphatic rings. The molecule has 0 unspecified atom stereocenters. The molecule has 126 valence electrons. The second-order valence-corrected chi connectivity index (χ2v) is 5.82. The monoisotopic (exact) mass is 397 g/mol. The van der Waals surface area contributed by atoms with Crippen molar-refractivity contribution in [3.63, 3.8) is 0 Å². The zero-order valence-corrected chi connectivity index (χ0v) is 14.3. The Morgan fingerprint density at radius 3 is 2.54 bits per heavy atom. The molecule has 0 aliphatic carbocycles. The van der Waals surface area contributed by atoms with Gasteiger partial charge in [-0.25, -0.2) is 13.6 Å². The first-order valence-corrected chi connectivity index (χ1v) is 7.79. The van der Waals surface area contributed by atoms with Gasteiger partial charge in [0.05, 0.1) is 12.7 Å². The average molecular weight is 398 g/mol. The van der Waals surface area contributed by atoms with E-state index in [0.717, 1.165) is 22.2 Å². The lowest BCUT2D eigenvalue weighted by atomic mass is 10.1. The van der Waals surface area contributed by atoms with Crippen LogP contribution in [0.15, 0.2) is 46.9 Å². The first-order chi connectivity index (χ1) is 11.4. The highest BCUT2D eigenvalue weighted by Crippen LogP contribution is 2.18. The fourth-order valence-electron chi connectivity index (χ4n) is 2.13. The van der Waals surface area contributed by atoms with Gasteiger partial charge in [-0.05, 0) is 23.8 Å². The zero-order chi connectivity index (χ0) is 17.7. The van der Waals surface area contributed by atoms with E-state index in [0.29, 0.717) is 6.07 Å². The van der Waals surface area contributed by atoms with Gasteiger partial charge in [-0.3, -0.25) is 4.79 Å². The van der Waals surface area contributed by atoms with E-state index >= 15 is 0 Å². The van der Waals surface area contributed by atoms with Crippen molar-refractivity contribution in [1.29, 1.82) is 0 Å². The molecule has 24 heavy (non-hydrogen) atoms. The van der Waals surface area contributed by atoms with Crippen LogP contribution in [-0.2, 0) is 16.0 Å². The van der Waals surface area contributed by atoms with Crippen LogP contribution in [0.3, 0.4) is 0 Å². The molecular weight excluding hydrogens is 384 g/mol. The van der Waals surface area contributed by atoms with Crippen molar-refractivity contribution in [2.45, 2.75) is 12.5 Å². The van der Waals surface area contributed by atoms with Gasteiger partial charge < -0.3 is 10.1 Å². The maximum Gasteiger partial charge on any atom is 0.328 e. The van der Waals surface area contributed by atoms with Crippen molar-refractivity contribution in [2.24, 2.45) is 0 Å². The average Bonchev–Trinajstić information content (AvgIpc) is 2.55. The maximum atomic E-state index is 13.7. The Hall–Kier alpha value is -2.28. The number of halogens is 3. The van der Waals surface area contributed by atoms with Gasteiger partial charge in [0.2, 0.25) is 0 Å². The molecular formula is C17H14BrF2NO3. The lowest BCUT2D eigenvalue weighted by molar-refractivity contribution is -0.142. The predicted molar refractivity (Wildman–Crippen MR) is 87.5 cm³/mol. The summed E-state index contributed by atoms with van der Waals surface area (Å²) in [5, 5.41) is 2.42. The van der Waals surface area contributed by atoms with Crippen molar-refractivity contribution >= 4 is 27.8 Å². The van der Waals surface area contributed by atoms with Gasteiger partial charge in [0, 0.05) is 17.0 Å². The SMILES string of the molecule is COC(=O)[C@H](Cc1ccccc1Br)NC(=O)c1ccc(F)cc1F. The van der Waals surface area contributed by atoms with E-state index in [9.17, 15) is 18.4 Å². The van der Waals surface area contributed by atoms with E-state index in [1.54, 1.807) is 18.2 Å². The molecule has 7 heteroatoms. The molecule has 4 nitrogen and oxygen atoms in total. The van der Waals surface area contributed by atoms with Gasteiger partial charge in [0.25, 0.3) is 5.91 Å². The van der Waals surface area contributed by atoms with Crippen molar-refractivity contribution in [1.82, 2.24) is 5.32 Å². The number of carbonyl (C=O) groups excluding carboxylic acids is 2. The highest BCUT2D eigenvalue weighted by molar-refractivity contribution is 9.10. The summed E-state index contributed by atoms with van der Waals surface area (Å²) < 4.78 is 32.1. The van der Waals surface area contributed by atoms with Crippen LogP contribution in [0.5, 0.6) is 0 Å². The number of carbonyl (C=O) groups is 2. The van der Waals surface area contributed by atoms with Crippen LogP contribution in [0.25, 0.3) is 0 Å². The summed E-state index contributed by atoms with van der Waals surface area (Å²) in [5.74, 6) is -3.28. The summed E-state index contributed by atoms with van der Waals surface area (Å²) in [4.78, 5) is 24.1. The van der Waals surface area contributed by atoms with Crippen LogP contribution < -0.4 is 5.32 Å². The van der Waals surface area contributed by atoms with Gasteiger partial charge in [0.1, 0.15) is 17.7 Å². The summed E-state index contributed by atoms with van der Waals surface area (Å²) in [5.41, 5.74) is 0.421. The first-order valence-electron chi connectivity index (χ1n) is 6.99. The number of ether oxygens (including phenoxy) is 1. The molecule has 0 aromatic heterocycles. The molecule has 2 aromatic rings. The van der Waals surface area contributed by atoms with Gasteiger partial charge in [0.15, 0.2) is 0 Å². The minimum absolute atomic E-state index is 0.155. The summed E-state index contributed by atoms with van der Waals surface area (Å²) >= 11 is 3.36. The summed E-state index contributed by atoms with van der Waals surface area (Å²) in [6, 6.07) is 8.77. The van der Waals surface area contributed by atoms with E-state index in [2.05, 4.69) is 26.0 Å². The van der Waals surface area contributed by atoms with Crippen molar-refractivity contribution in [2.75, 3.05) is 7.11 Å². The molecule has 0 radical (unpaired) electrons. The Morgan fingerprint density at radius 1 is 1.21 bits per heavy atom. The van der Waals surface area contributed by atoms with E-state index < -0.39 is 29.6 Å². The molecule has 0 spiro atoms. The van der Waals surface area contributed by atoms with E-state index in [1.807, 2.05) is 6.07 Å². The smallest absolute Gasteiger partial charge is 0.328 e. The largest absolute Gasteiger partial charge is 0.467 e. The number of methoxy groups -OCH3 is 1. The predicted octanol–water partition coefficient (Wildman–Crippen LogP) is 3.24. The molecule has 0 bridgehead atoms. The second-order valence-electron chi connectivity index (χ2n) is 4.97. The minimum Gasteiger partial charge on any atom is -0.467 e. The van der Waals surface area contributed by atoms with Crippen LogP contribution in [0.2, 0.25) is 0 Å². The fourth-order valence-corrected chi connectivity index (χ4v) is 2.58. The molecule has 2 rings (SSSR count). The molecule has 1 amide bonds. The molecule has 0 saturated heterocycles. The van der Waals surface area contributed by atoms with Gasteiger partial charge in [-0.15, -0.1) is 0 Å². The molecule has 1 N–H and O–H groups in total. The number of esters is 1. The van der Waals surface area contributed by atoms with Crippen LogP contribution in [-0.4, -0.2) is 25.0 Å². The van der Waals surface area contributed by atoms with Crippen molar-refractivity contribution < 1.29 is 23.1 Å². The molecule has 0 aliphatic heterocycles. The minimum atomic E-state index is -1.01. The highest BCUT2D eigenvalue weighted by Gasteiger charge is 2.24. The lowest BCUT2D eigenvalue weighted by Crippen LogP contribution is -2.43. The van der Waals surface area contributed by atoms with Gasteiger partial charge >= 0.3 is 5.97 Å². The highest BCUT2D eigenvalue weighted by atomic mass is 79.9. The number of rotatable bonds is 5. The molecule has 2 aromatic carbocycles. The summed E-state index contributed by atoms with van der Waals surface area (Å²) in [6.45, 7) is 0. The number of amides is 1. The maximum absolute atomic E-state index is 13.7. The van der Waals surface area contributed by atoms with Crippen LogP contribution >= 0.6 is 15.9 Å². The number of hydrogen-bond acceptors (Lipinski definition) is 3. The Morgan fingerprint density at radius 2 is 1.92 bits per heavy atom. The van der Waals surface area contributed by atoms with Gasteiger partial charge in [-0.2, -0.15) is 0 Å². The first kappa shape index (κ1) is 18.1. The Balaban J connectivity index is 2.21. The van der Waals surface area contributed by atoms with Crippen molar-refractivity contribution in [3.05, 3.63) is 69.7 Å². The fraction of sp³-hybridized carbons (Fsp3) is 0.176. The normalized spacial score (nSPS) is 11.7. The van der Waals surface area contributed by atoms with E-state index in [4.69, 9.17) is 0 Å². The topological polar surface area (TPSA) is 55.4 Å². The quantitative estimate of drug-likeness (QED) is 0.787. The van der Waals surface area contributed by atoms with Crippen LogP contribution in [0, 0.1) is 11.6 Å². The zero-order valence-electron chi connectivity index (χ0n) is 12.7. The standard InChI is InChI=1S/C17H14BrF2NO3/c1-24-17(23)15(8-10-4-2-3-5-13(10)18)21-16(22)12-7-6-11(19)9-14(12)20/h2-7,9,15H,8H2,1H3,(H,21,22)/t15-/m0/s1. The Bertz CT molecular complexity index is 767. The third kappa shape index (κ3) is 4.38. The molecule has 0 fully saturated rings. The van der Waals surface area contributed by atoms with Crippen LogP contribution in [0.4, 0.5) is 8.78 Å². The number of nitrogens with one attached hydrogen (secondary N) is 1. The number of benzene rings is 2.